The van der Waals surface area contributed by atoms with Crippen LogP contribution in [0, 0.1) is 10.1 Å². The number of methoxy groups -OCH3 is 1. The molecule has 0 heterocycles. The average molecular weight is 461 g/mol. The Labute approximate surface area is 176 Å². The van der Waals surface area contributed by atoms with Crippen molar-refractivity contribution in [2.45, 2.75) is 9.79 Å². The maximum Gasteiger partial charge on any atom is 0.343 e. The van der Waals surface area contributed by atoms with Crippen LogP contribution >= 0.6 is 23.4 Å². The van der Waals surface area contributed by atoms with Crippen molar-refractivity contribution in [3.05, 3.63) is 57.6 Å². The molecule has 1 N–H and O–H groups in total. The number of hydrogen-bond acceptors (Lipinski definition) is 8. The fraction of sp³-hybridized carbons (Fsp3) is 0.235. The van der Waals surface area contributed by atoms with E-state index < -0.39 is 26.6 Å². The maximum absolute atomic E-state index is 12.3. The molecule has 0 aromatic heterocycles. The molecule has 0 radical (unpaired) electrons. The summed E-state index contributed by atoms with van der Waals surface area (Å²) < 4.78 is 36.7. The van der Waals surface area contributed by atoms with Crippen LogP contribution in [0.1, 0.15) is 0 Å². The first kappa shape index (κ1) is 22.9. The van der Waals surface area contributed by atoms with E-state index in [1.807, 2.05) is 0 Å². The molecule has 0 spiro atoms. The van der Waals surface area contributed by atoms with Crippen LogP contribution in [0.2, 0.25) is 5.02 Å². The first-order chi connectivity index (χ1) is 13.7. The Balaban J connectivity index is 1.86. The molecule has 0 bridgehead atoms. The number of nitro benzene ring substituents is 1. The van der Waals surface area contributed by atoms with E-state index in [-0.39, 0.29) is 23.1 Å². The van der Waals surface area contributed by atoms with E-state index in [0.717, 1.165) is 11.0 Å². The first-order valence-corrected chi connectivity index (χ1v) is 10.9. The van der Waals surface area contributed by atoms with Gasteiger partial charge in [0.05, 0.1) is 16.9 Å². The molecule has 12 heteroatoms. The number of halogens is 1. The highest BCUT2D eigenvalue weighted by atomic mass is 35.5. The van der Waals surface area contributed by atoms with Crippen molar-refractivity contribution in [2.24, 2.45) is 0 Å². The fourth-order valence-electron chi connectivity index (χ4n) is 2.06. The maximum atomic E-state index is 12.3. The molecule has 0 unspecified atom stereocenters. The number of nitrogens with zero attached hydrogens (tertiary/aromatic N) is 1. The summed E-state index contributed by atoms with van der Waals surface area (Å²) in [6.07, 6.45) is 0. The van der Waals surface area contributed by atoms with Gasteiger partial charge in [-0.05, 0) is 36.4 Å². The van der Waals surface area contributed by atoms with Crippen molar-refractivity contribution in [1.82, 2.24) is 4.72 Å². The number of ether oxygens (including phenoxy) is 2. The van der Waals surface area contributed by atoms with E-state index in [1.165, 1.54) is 31.0 Å². The normalized spacial score (nSPS) is 11.1. The van der Waals surface area contributed by atoms with Crippen LogP contribution in [-0.4, -0.2) is 45.3 Å². The molecule has 0 atom stereocenters. The van der Waals surface area contributed by atoms with Gasteiger partial charge in [-0.25, -0.2) is 17.9 Å². The van der Waals surface area contributed by atoms with Gasteiger partial charge in [-0.3, -0.25) is 10.1 Å². The molecule has 0 amide bonds. The molecule has 29 heavy (non-hydrogen) atoms. The molecule has 2 aromatic rings. The molecule has 0 aliphatic rings. The van der Waals surface area contributed by atoms with Gasteiger partial charge in [-0.2, -0.15) is 0 Å². The van der Waals surface area contributed by atoms with Crippen molar-refractivity contribution in [1.29, 1.82) is 0 Å². The van der Waals surface area contributed by atoms with E-state index in [9.17, 15) is 23.3 Å². The number of nitrogens with one attached hydrogen (secondary N) is 1. The summed E-state index contributed by atoms with van der Waals surface area (Å²) >= 11 is 7.10. The topological polar surface area (TPSA) is 125 Å². The van der Waals surface area contributed by atoms with Crippen LogP contribution in [0.4, 0.5) is 5.69 Å². The van der Waals surface area contributed by atoms with E-state index >= 15 is 0 Å². The summed E-state index contributed by atoms with van der Waals surface area (Å²) in [5.41, 5.74) is -0.474. The number of rotatable bonds is 10. The average Bonchev–Trinajstić information content (AvgIpc) is 2.70. The smallest absolute Gasteiger partial charge is 0.343 e. The van der Waals surface area contributed by atoms with Crippen molar-refractivity contribution in [3.8, 4) is 5.75 Å². The largest absolute Gasteiger partial charge is 0.482 e. The lowest BCUT2D eigenvalue weighted by Gasteiger charge is -2.08. The molecule has 0 saturated carbocycles. The van der Waals surface area contributed by atoms with Gasteiger partial charge < -0.3 is 9.47 Å². The van der Waals surface area contributed by atoms with Gasteiger partial charge in [0.25, 0.3) is 5.69 Å². The monoisotopic (exact) mass is 460 g/mol. The second-order valence-electron chi connectivity index (χ2n) is 5.45. The van der Waals surface area contributed by atoms with Crippen LogP contribution < -0.4 is 9.46 Å². The molecule has 0 aliphatic carbocycles. The number of carbonyl (C=O) groups is 1. The summed E-state index contributed by atoms with van der Waals surface area (Å²) in [7, 11) is -2.63. The highest BCUT2D eigenvalue weighted by molar-refractivity contribution is 7.99. The van der Waals surface area contributed by atoms with E-state index in [4.69, 9.17) is 16.3 Å². The summed E-state index contributed by atoms with van der Waals surface area (Å²) in [5.74, 6) is 0.448. The van der Waals surface area contributed by atoms with Crippen LogP contribution in [0.3, 0.4) is 0 Å². The third-order valence-corrected chi connectivity index (χ3v) is 6.29. The summed E-state index contributed by atoms with van der Waals surface area (Å²) in [6.45, 7) is -0.0718. The molecule has 2 rings (SSSR count). The molecular formula is C17H17ClN2O7S2. The van der Waals surface area contributed by atoms with Crippen molar-refractivity contribution >= 4 is 45.0 Å². The fourth-order valence-corrected chi connectivity index (χ4v) is 4.20. The molecule has 9 nitrogen and oxygen atoms in total. The summed E-state index contributed by atoms with van der Waals surface area (Å²) in [4.78, 5) is 21.8. The van der Waals surface area contributed by atoms with Crippen LogP contribution in [0.15, 0.2) is 52.3 Å². The minimum absolute atomic E-state index is 0.115. The molecule has 0 aliphatic heterocycles. The highest BCUT2D eigenvalue weighted by Gasteiger charge is 2.20. The van der Waals surface area contributed by atoms with Crippen molar-refractivity contribution in [2.75, 3.05) is 26.0 Å². The molecule has 0 fully saturated rings. The minimum Gasteiger partial charge on any atom is -0.482 e. The number of esters is 1. The third kappa shape index (κ3) is 6.89. The Hall–Kier alpha value is -2.34. The lowest BCUT2D eigenvalue weighted by molar-refractivity contribution is -0.384. The van der Waals surface area contributed by atoms with Crippen LogP contribution in [0.5, 0.6) is 5.75 Å². The SMILES string of the molecule is COC(=O)COc1ccc(SCCNS(=O)(=O)c2ccc(Cl)c([N+](=O)[O-])c2)cc1. The Morgan fingerprint density at radius 2 is 1.93 bits per heavy atom. The number of carbonyl (C=O) groups excluding carboxylic acids is 1. The van der Waals surface area contributed by atoms with Crippen LogP contribution in [0.25, 0.3) is 0 Å². The lowest BCUT2D eigenvalue weighted by atomic mass is 10.3. The number of sulfonamides is 1. The molecular weight excluding hydrogens is 444 g/mol. The van der Waals surface area contributed by atoms with E-state index in [2.05, 4.69) is 9.46 Å². The summed E-state index contributed by atoms with van der Waals surface area (Å²) in [5, 5.41) is 10.8. The first-order valence-electron chi connectivity index (χ1n) is 8.09. The second-order valence-corrected chi connectivity index (χ2v) is 8.80. The Morgan fingerprint density at radius 1 is 1.24 bits per heavy atom. The number of benzene rings is 2. The number of thioether (sulfide) groups is 1. The van der Waals surface area contributed by atoms with E-state index in [1.54, 1.807) is 24.3 Å². The number of nitro groups is 1. The van der Waals surface area contributed by atoms with Gasteiger partial charge >= 0.3 is 5.97 Å². The van der Waals surface area contributed by atoms with E-state index in [0.29, 0.717) is 11.5 Å². The van der Waals surface area contributed by atoms with Gasteiger partial charge in [-0.15, -0.1) is 11.8 Å². The molecule has 2 aromatic carbocycles. The van der Waals surface area contributed by atoms with Gasteiger partial charge in [0.2, 0.25) is 10.0 Å². The molecule has 156 valence electrons. The predicted octanol–water partition coefficient (Wildman–Crippen LogP) is 2.87. The minimum atomic E-state index is -3.90. The van der Waals surface area contributed by atoms with Gasteiger partial charge in [0.1, 0.15) is 10.8 Å². The zero-order valence-electron chi connectivity index (χ0n) is 15.2. The standard InChI is InChI=1S/C17H17ClN2O7S2/c1-26-17(21)11-27-12-2-4-13(5-3-12)28-9-8-19-29(24,25)14-6-7-15(18)16(10-14)20(22)23/h2-7,10,19H,8-9,11H2,1H3. The zero-order valence-corrected chi connectivity index (χ0v) is 17.6. The Bertz CT molecular complexity index is 982. The second kappa shape index (κ2) is 10.4. The van der Waals surface area contributed by atoms with Gasteiger partial charge in [-0.1, -0.05) is 11.6 Å². The Kier molecular flexibility index (Phi) is 8.26. The Morgan fingerprint density at radius 3 is 2.55 bits per heavy atom. The van der Waals surface area contributed by atoms with Crippen molar-refractivity contribution in [3.63, 3.8) is 0 Å². The summed E-state index contributed by atoms with van der Waals surface area (Å²) in [6, 6.07) is 10.2. The van der Waals surface area contributed by atoms with Gasteiger partial charge in [0, 0.05) is 23.3 Å². The molecule has 0 saturated heterocycles. The van der Waals surface area contributed by atoms with Gasteiger partial charge in [0.15, 0.2) is 6.61 Å². The highest BCUT2D eigenvalue weighted by Crippen LogP contribution is 2.27. The third-order valence-electron chi connectivity index (χ3n) is 3.50. The quantitative estimate of drug-likeness (QED) is 0.188. The predicted molar refractivity (Wildman–Crippen MR) is 108 cm³/mol. The zero-order chi connectivity index (χ0) is 21.4. The lowest BCUT2D eigenvalue weighted by Crippen LogP contribution is -2.26. The van der Waals surface area contributed by atoms with Crippen molar-refractivity contribution < 1.29 is 27.6 Å². The number of hydrogen-bond donors (Lipinski definition) is 1. The van der Waals surface area contributed by atoms with Crippen LogP contribution in [-0.2, 0) is 19.6 Å².